The van der Waals surface area contributed by atoms with Gasteiger partial charge in [0.15, 0.2) is 11.6 Å². The Bertz CT molecular complexity index is 1160. The molecule has 9 nitrogen and oxygen atoms in total. The minimum Gasteiger partial charge on any atom is -0.335 e. The smallest absolute Gasteiger partial charge is 0.270 e. The Hall–Kier alpha value is -3.31. The van der Waals surface area contributed by atoms with E-state index in [1.165, 1.54) is 39.9 Å². The maximum Gasteiger partial charge on any atom is 0.270 e. The van der Waals surface area contributed by atoms with Crippen molar-refractivity contribution in [2.24, 2.45) is 0 Å². The molecule has 11 heteroatoms. The molecule has 3 aromatic heterocycles. The second-order valence-corrected chi connectivity index (χ2v) is 7.67. The fourth-order valence-electron chi connectivity index (χ4n) is 2.49. The quantitative estimate of drug-likeness (QED) is 0.229. The zero-order valence-corrected chi connectivity index (χ0v) is 16.1. The summed E-state index contributed by atoms with van der Waals surface area (Å²) < 4.78 is 1.42. The summed E-state index contributed by atoms with van der Waals surface area (Å²) in [6, 6.07) is 11.8. The Morgan fingerprint density at radius 1 is 1.18 bits per heavy atom. The first-order valence-electron chi connectivity index (χ1n) is 8.04. The van der Waals surface area contributed by atoms with Crippen molar-refractivity contribution in [2.75, 3.05) is 5.84 Å². The number of hydrogen-bond acceptors (Lipinski definition) is 9. The van der Waals surface area contributed by atoms with Crippen LogP contribution in [0.25, 0.3) is 22.1 Å². The van der Waals surface area contributed by atoms with E-state index in [1.54, 1.807) is 18.2 Å². The first kappa shape index (κ1) is 18.1. The van der Waals surface area contributed by atoms with E-state index in [0.29, 0.717) is 27.4 Å². The number of benzene rings is 1. The van der Waals surface area contributed by atoms with E-state index in [2.05, 4.69) is 20.2 Å². The Balaban J connectivity index is 1.67. The summed E-state index contributed by atoms with van der Waals surface area (Å²) in [4.78, 5) is 20.4. The van der Waals surface area contributed by atoms with Crippen molar-refractivity contribution in [3.63, 3.8) is 0 Å². The second-order valence-electron chi connectivity index (χ2n) is 5.73. The molecule has 0 saturated carbocycles. The monoisotopic (exact) mass is 411 g/mol. The summed E-state index contributed by atoms with van der Waals surface area (Å²) in [6.45, 7) is 1.83. The van der Waals surface area contributed by atoms with Gasteiger partial charge in [-0.05, 0) is 36.2 Å². The predicted molar refractivity (Wildman–Crippen MR) is 106 cm³/mol. The third kappa shape index (κ3) is 3.57. The molecule has 0 spiro atoms. The van der Waals surface area contributed by atoms with Gasteiger partial charge in [-0.3, -0.25) is 10.1 Å². The number of aromatic nitrogens is 5. The molecule has 0 aliphatic heterocycles. The van der Waals surface area contributed by atoms with Crippen LogP contribution in [0.3, 0.4) is 0 Å². The molecular weight excluding hydrogens is 398 g/mol. The molecule has 4 aromatic rings. The molecule has 4 rings (SSSR count). The van der Waals surface area contributed by atoms with Gasteiger partial charge in [0, 0.05) is 23.4 Å². The predicted octanol–water partition coefficient (Wildman–Crippen LogP) is 3.55. The zero-order chi connectivity index (χ0) is 19.7. The number of nitrogens with two attached hydrogens (primary N) is 1. The molecule has 0 saturated heterocycles. The number of hydrogen-bond donors (Lipinski definition) is 1. The highest BCUT2D eigenvalue weighted by molar-refractivity contribution is 7.99. The molecule has 140 valence electrons. The van der Waals surface area contributed by atoms with Crippen molar-refractivity contribution in [3.8, 4) is 22.1 Å². The van der Waals surface area contributed by atoms with Crippen LogP contribution in [-0.4, -0.2) is 29.8 Å². The molecule has 28 heavy (non-hydrogen) atoms. The summed E-state index contributed by atoms with van der Waals surface area (Å²) in [5, 5.41) is 22.4. The van der Waals surface area contributed by atoms with Crippen LogP contribution in [0.2, 0.25) is 0 Å². The van der Waals surface area contributed by atoms with Gasteiger partial charge in [0.25, 0.3) is 5.69 Å². The lowest BCUT2D eigenvalue weighted by atomic mass is 10.2. The number of nitro groups is 1. The average Bonchev–Trinajstić information content (AvgIpc) is 3.32. The number of rotatable bonds is 5. The highest BCUT2D eigenvalue weighted by Gasteiger charge is 2.16. The average molecular weight is 411 g/mol. The maximum atomic E-state index is 11.0. The molecule has 0 aliphatic rings. The Labute approximate surface area is 167 Å². The number of nitro benzene ring substituents is 1. The van der Waals surface area contributed by atoms with Gasteiger partial charge in [0.2, 0.25) is 5.16 Å². The Morgan fingerprint density at radius 2 is 2.04 bits per heavy atom. The van der Waals surface area contributed by atoms with E-state index in [-0.39, 0.29) is 5.69 Å². The van der Waals surface area contributed by atoms with Crippen LogP contribution in [0, 0.1) is 17.0 Å². The summed E-state index contributed by atoms with van der Waals surface area (Å²) in [5.41, 5.74) is 1.27. The van der Waals surface area contributed by atoms with Gasteiger partial charge in [-0.25, -0.2) is 14.6 Å². The fourth-order valence-corrected chi connectivity index (χ4v) is 4.01. The Kier molecular flexibility index (Phi) is 4.75. The van der Waals surface area contributed by atoms with E-state index in [0.717, 1.165) is 10.6 Å². The maximum absolute atomic E-state index is 11.0. The lowest BCUT2D eigenvalue weighted by Crippen LogP contribution is -2.11. The summed E-state index contributed by atoms with van der Waals surface area (Å²) >= 11 is 2.77. The first-order valence-corrected chi connectivity index (χ1v) is 9.73. The summed E-state index contributed by atoms with van der Waals surface area (Å²) in [5.74, 6) is 7.11. The summed E-state index contributed by atoms with van der Waals surface area (Å²) in [6.07, 6.45) is 0. The van der Waals surface area contributed by atoms with Gasteiger partial charge in [-0.15, -0.1) is 21.5 Å². The highest BCUT2D eigenvalue weighted by Crippen LogP contribution is 2.30. The van der Waals surface area contributed by atoms with Gasteiger partial charge < -0.3 is 5.84 Å². The molecule has 3 heterocycles. The van der Waals surface area contributed by atoms with Gasteiger partial charge in [0.1, 0.15) is 5.03 Å². The molecule has 1 aromatic carbocycles. The zero-order valence-electron chi connectivity index (χ0n) is 14.5. The van der Waals surface area contributed by atoms with Crippen LogP contribution < -0.4 is 5.84 Å². The van der Waals surface area contributed by atoms with Gasteiger partial charge >= 0.3 is 0 Å². The minimum atomic E-state index is -0.446. The molecule has 0 fully saturated rings. The molecule has 0 amide bonds. The third-order valence-corrected chi connectivity index (χ3v) is 5.49. The van der Waals surface area contributed by atoms with Gasteiger partial charge in [0.05, 0.1) is 9.80 Å². The molecule has 0 atom stereocenters. The number of thiophene rings is 1. The fraction of sp³-hybridized carbons (Fsp3) is 0.0588. The van der Waals surface area contributed by atoms with E-state index in [1.807, 2.05) is 24.4 Å². The van der Waals surface area contributed by atoms with E-state index in [9.17, 15) is 10.1 Å². The van der Waals surface area contributed by atoms with Crippen molar-refractivity contribution < 1.29 is 4.92 Å². The normalized spacial score (nSPS) is 10.9. The Morgan fingerprint density at radius 3 is 2.79 bits per heavy atom. The highest BCUT2D eigenvalue weighted by atomic mass is 32.2. The van der Waals surface area contributed by atoms with Crippen LogP contribution in [-0.2, 0) is 0 Å². The molecule has 0 aliphatic carbocycles. The molecule has 0 radical (unpaired) electrons. The molecule has 2 N–H and O–H groups in total. The van der Waals surface area contributed by atoms with Crippen molar-refractivity contribution in [1.82, 2.24) is 24.8 Å². The lowest BCUT2D eigenvalue weighted by Gasteiger charge is -2.06. The number of aryl methyl sites for hydroxylation is 1. The van der Waals surface area contributed by atoms with E-state index in [4.69, 9.17) is 5.84 Å². The van der Waals surface area contributed by atoms with E-state index >= 15 is 0 Å². The standard InChI is InChI=1S/C17H13N7O2S2/c1-10-8-14(20-15(19-10)11-4-2-5-12(9-11)24(25)26)28-17-22-21-16(23(17)18)13-6-3-7-27-13/h2-9H,18H2,1H3. The SMILES string of the molecule is Cc1cc(Sc2nnc(-c3cccs3)n2N)nc(-c2cccc([N+](=O)[O-])c2)n1. The van der Waals surface area contributed by atoms with Crippen molar-refractivity contribution in [1.29, 1.82) is 0 Å². The van der Waals surface area contributed by atoms with Crippen LogP contribution in [0.15, 0.2) is 58.0 Å². The topological polar surface area (TPSA) is 126 Å². The van der Waals surface area contributed by atoms with E-state index < -0.39 is 4.92 Å². The largest absolute Gasteiger partial charge is 0.335 e. The first-order chi connectivity index (χ1) is 13.5. The van der Waals surface area contributed by atoms with Crippen LogP contribution in [0.4, 0.5) is 5.69 Å². The van der Waals surface area contributed by atoms with Gasteiger partial charge in [-0.1, -0.05) is 18.2 Å². The second kappa shape index (κ2) is 7.37. The molecule has 0 bridgehead atoms. The number of non-ortho nitro benzene ring substituents is 1. The molecular formula is C17H13N7O2S2. The van der Waals surface area contributed by atoms with Crippen LogP contribution >= 0.6 is 23.1 Å². The number of nitrogens with zero attached hydrogens (tertiary/aromatic N) is 6. The van der Waals surface area contributed by atoms with Crippen molar-refractivity contribution in [2.45, 2.75) is 17.1 Å². The lowest BCUT2D eigenvalue weighted by molar-refractivity contribution is -0.384. The van der Waals surface area contributed by atoms with Crippen molar-refractivity contribution >= 4 is 28.8 Å². The summed E-state index contributed by atoms with van der Waals surface area (Å²) in [7, 11) is 0. The van der Waals surface area contributed by atoms with Crippen LogP contribution in [0.1, 0.15) is 5.69 Å². The third-order valence-electron chi connectivity index (χ3n) is 3.75. The van der Waals surface area contributed by atoms with Crippen LogP contribution in [0.5, 0.6) is 0 Å². The van der Waals surface area contributed by atoms with Gasteiger partial charge in [-0.2, -0.15) is 0 Å². The minimum absolute atomic E-state index is 0.0147. The molecule has 0 unspecified atom stereocenters. The number of nitrogen functional groups attached to an aromatic ring is 1. The van der Waals surface area contributed by atoms with Crippen molar-refractivity contribution in [3.05, 3.63) is 63.7 Å².